The van der Waals surface area contributed by atoms with E-state index in [1.165, 1.54) is 19.1 Å². The number of methoxy groups -OCH3 is 1. The van der Waals surface area contributed by atoms with Gasteiger partial charge < -0.3 is 15.0 Å². The molecule has 0 bridgehead atoms. The molecule has 1 N–H and O–H groups in total. The maximum atomic E-state index is 13.7. The smallest absolute Gasteiger partial charge is 0.407 e. The van der Waals surface area contributed by atoms with Gasteiger partial charge in [0.1, 0.15) is 6.04 Å². The molecule has 0 aromatic heterocycles. The van der Waals surface area contributed by atoms with E-state index in [0.717, 1.165) is 54.3 Å². The van der Waals surface area contributed by atoms with Crippen molar-refractivity contribution < 1.29 is 14.3 Å². The summed E-state index contributed by atoms with van der Waals surface area (Å²) < 4.78 is 5.90. The lowest BCUT2D eigenvalue weighted by Crippen LogP contribution is -2.55. The third kappa shape index (κ3) is 5.08. The van der Waals surface area contributed by atoms with E-state index in [4.69, 9.17) is 9.73 Å². The Morgan fingerprint density at radius 3 is 2.69 bits per heavy atom. The highest BCUT2D eigenvalue weighted by Gasteiger charge is 2.41. The molecule has 2 fully saturated rings. The van der Waals surface area contributed by atoms with Gasteiger partial charge in [-0.05, 0) is 60.8 Å². The van der Waals surface area contributed by atoms with E-state index >= 15 is 0 Å². The molecule has 2 aliphatic heterocycles. The fraction of sp³-hybridized carbons (Fsp3) is 0.560. The van der Waals surface area contributed by atoms with Crippen LogP contribution in [0, 0.1) is 11.8 Å². The summed E-state index contributed by atoms with van der Waals surface area (Å²) in [5.41, 5.74) is 3.38. The Labute approximate surface area is 198 Å². The predicted molar refractivity (Wildman–Crippen MR) is 129 cm³/mol. The number of aliphatic imine (C=N–C) groups is 1. The van der Waals surface area contributed by atoms with Crippen LogP contribution in [0.25, 0.3) is 5.57 Å². The summed E-state index contributed by atoms with van der Waals surface area (Å²) in [6.45, 7) is 2.94. The van der Waals surface area contributed by atoms with Crippen LogP contribution in [0.3, 0.4) is 0 Å². The van der Waals surface area contributed by atoms with Crippen LogP contribution in [0.1, 0.15) is 57.4 Å². The molecular formula is C25H32BrN3O3. The van der Waals surface area contributed by atoms with Gasteiger partial charge in [-0.1, -0.05) is 47.8 Å². The van der Waals surface area contributed by atoms with Crippen LogP contribution in [0.5, 0.6) is 0 Å². The summed E-state index contributed by atoms with van der Waals surface area (Å²) >= 11 is 3.48. The van der Waals surface area contributed by atoms with Crippen molar-refractivity contribution in [2.45, 2.75) is 64.0 Å². The minimum absolute atomic E-state index is 0.00495. The summed E-state index contributed by atoms with van der Waals surface area (Å²) in [5, 5.41) is 2.87. The largest absolute Gasteiger partial charge is 0.453 e. The molecule has 2 heterocycles. The monoisotopic (exact) mass is 501 g/mol. The van der Waals surface area contributed by atoms with Crippen molar-refractivity contribution in [1.82, 2.24) is 10.2 Å². The van der Waals surface area contributed by atoms with E-state index < -0.39 is 12.1 Å². The second kappa shape index (κ2) is 10.2. The molecule has 1 saturated heterocycles. The number of benzene rings is 1. The molecule has 1 aromatic carbocycles. The van der Waals surface area contributed by atoms with Crippen molar-refractivity contribution in [3.05, 3.63) is 40.5 Å². The van der Waals surface area contributed by atoms with Crippen LogP contribution in [0.2, 0.25) is 0 Å². The molecule has 3 aliphatic rings. The Kier molecular flexibility index (Phi) is 7.33. The zero-order chi connectivity index (χ0) is 22.7. The van der Waals surface area contributed by atoms with E-state index in [0.29, 0.717) is 12.5 Å². The summed E-state index contributed by atoms with van der Waals surface area (Å²) in [6, 6.07) is 7.71. The number of likely N-dealkylation sites (tertiary alicyclic amines) is 1. The predicted octanol–water partition coefficient (Wildman–Crippen LogP) is 5.18. The Morgan fingerprint density at radius 1 is 1.19 bits per heavy atom. The van der Waals surface area contributed by atoms with Gasteiger partial charge in [0.25, 0.3) is 0 Å². The van der Waals surface area contributed by atoms with Crippen LogP contribution >= 0.6 is 15.9 Å². The van der Waals surface area contributed by atoms with Crippen LogP contribution in [0.15, 0.2) is 39.9 Å². The minimum Gasteiger partial charge on any atom is -0.453 e. The molecule has 4 rings (SSSR count). The van der Waals surface area contributed by atoms with Gasteiger partial charge in [0.2, 0.25) is 5.91 Å². The van der Waals surface area contributed by atoms with E-state index in [-0.39, 0.29) is 17.9 Å². The second-order valence-electron chi connectivity index (χ2n) is 9.29. The standard InChI is InChI=1S/C25H32BrN3O3/c1-16-5-3-6-18(13-16)23(28-25(31)32-2)24(30)29-12-4-7-22(29)21-14-19(15-27-21)17-8-10-20(26)11-9-17/h8-11,15-16,18,22-23H,3-7,12-14H2,1-2H3,(H,28,31)/t16?,18?,22-,23?/m0/s1. The Bertz CT molecular complexity index is 912. The van der Waals surface area contributed by atoms with Crippen molar-refractivity contribution in [3.8, 4) is 0 Å². The molecule has 3 unspecified atom stereocenters. The van der Waals surface area contributed by atoms with Crippen LogP contribution in [-0.4, -0.2) is 48.4 Å². The number of ether oxygens (including phenoxy) is 1. The topological polar surface area (TPSA) is 71.0 Å². The van der Waals surface area contributed by atoms with E-state index in [9.17, 15) is 9.59 Å². The van der Waals surface area contributed by atoms with Gasteiger partial charge in [0, 0.05) is 29.3 Å². The van der Waals surface area contributed by atoms with Crippen molar-refractivity contribution in [2.75, 3.05) is 13.7 Å². The van der Waals surface area contributed by atoms with Crippen LogP contribution in [0.4, 0.5) is 4.79 Å². The maximum absolute atomic E-state index is 13.7. The number of hydrogen-bond acceptors (Lipinski definition) is 4. The van der Waals surface area contributed by atoms with E-state index in [2.05, 4.69) is 40.3 Å². The van der Waals surface area contributed by atoms with Crippen molar-refractivity contribution in [1.29, 1.82) is 0 Å². The Hall–Kier alpha value is -2.15. The summed E-state index contributed by atoms with van der Waals surface area (Å²) in [4.78, 5) is 32.5. The van der Waals surface area contributed by atoms with Gasteiger partial charge in [0.15, 0.2) is 0 Å². The quantitative estimate of drug-likeness (QED) is 0.604. The molecule has 0 radical (unpaired) electrons. The van der Waals surface area contributed by atoms with Gasteiger partial charge in [-0.25, -0.2) is 4.79 Å². The summed E-state index contributed by atoms with van der Waals surface area (Å²) in [7, 11) is 1.35. The normalized spacial score (nSPS) is 26.3. The molecule has 4 atom stereocenters. The minimum atomic E-state index is -0.535. The number of carbonyl (C=O) groups is 2. The Morgan fingerprint density at radius 2 is 1.97 bits per heavy atom. The van der Waals surface area contributed by atoms with Gasteiger partial charge >= 0.3 is 6.09 Å². The van der Waals surface area contributed by atoms with Crippen molar-refractivity contribution in [2.24, 2.45) is 16.8 Å². The van der Waals surface area contributed by atoms with E-state index in [1.54, 1.807) is 0 Å². The zero-order valence-corrected chi connectivity index (χ0v) is 20.4. The molecule has 0 spiro atoms. The molecule has 1 aromatic rings. The number of alkyl carbamates (subject to hydrolysis) is 1. The molecule has 2 amide bonds. The van der Waals surface area contributed by atoms with E-state index in [1.807, 2.05) is 23.2 Å². The highest BCUT2D eigenvalue weighted by molar-refractivity contribution is 9.10. The molecule has 172 valence electrons. The van der Waals surface area contributed by atoms with Gasteiger partial charge in [-0.15, -0.1) is 0 Å². The molecule has 1 aliphatic carbocycles. The first-order chi connectivity index (χ1) is 15.5. The van der Waals surface area contributed by atoms with Gasteiger partial charge in [-0.2, -0.15) is 0 Å². The Balaban J connectivity index is 1.48. The lowest BCUT2D eigenvalue weighted by molar-refractivity contribution is -0.135. The fourth-order valence-electron chi connectivity index (χ4n) is 5.40. The van der Waals surface area contributed by atoms with Crippen LogP contribution < -0.4 is 5.32 Å². The first kappa shape index (κ1) is 23.0. The highest BCUT2D eigenvalue weighted by Crippen LogP contribution is 2.34. The average Bonchev–Trinajstić information content (AvgIpc) is 3.47. The molecule has 32 heavy (non-hydrogen) atoms. The summed E-state index contributed by atoms with van der Waals surface area (Å²) in [5.74, 6) is 0.722. The lowest BCUT2D eigenvalue weighted by Gasteiger charge is -2.36. The third-order valence-electron chi connectivity index (χ3n) is 7.07. The number of halogens is 1. The first-order valence-corrected chi connectivity index (χ1v) is 12.4. The van der Waals surface area contributed by atoms with Gasteiger partial charge in [0.05, 0.1) is 13.2 Å². The number of hydrogen-bond donors (Lipinski definition) is 1. The number of rotatable bonds is 5. The van der Waals surface area contributed by atoms with Gasteiger partial charge in [-0.3, -0.25) is 9.79 Å². The highest BCUT2D eigenvalue weighted by atomic mass is 79.9. The average molecular weight is 502 g/mol. The third-order valence-corrected chi connectivity index (χ3v) is 7.60. The second-order valence-corrected chi connectivity index (χ2v) is 10.2. The number of amides is 2. The fourth-order valence-corrected chi connectivity index (χ4v) is 5.66. The molecule has 1 saturated carbocycles. The van der Waals surface area contributed by atoms with Crippen molar-refractivity contribution >= 4 is 39.2 Å². The first-order valence-electron chi connectivity index (χ1n) is 11.6. The van der Waals surface area contributed by atoms with Crippen LogP contribution in [-0.2, 0) is 9.53 Å². The number of nitrogens with zero attached hydrogens (tertiary/aromatic N) is 2. The SMILES string of the molecule is COC(=O)NC(C(=O)N1CCC[C@H]1C1=NC=C(c2ccc(Br)cc2)C1)C1CCCC(C)C1. The zero-order valence-electron chi connectivity index (χ0n) is 18.9. The summed E-state index contributed by atoms with van der Waals surface area (Å²) in [6.07, 6.45) is 8.22. The van der Waals surface area contributed by atoms with Crippen molar-refractivity contribution in [3.63, 3.8) is 0 Å². The molecular weight excluding hydrogens is 470 g/mol. The molecule has 7 heteroatoms. The molecule has 6 nitrogen and oxygen atoms in total. The lowest BCUT2D eigenvalue weighted by atomic mass is 9.78. The number of allylic oxidation sites excluding steroid dienone is 1. The maximum Gasteiger partial charge on any atom is 0.407 e. The number of carbonyl (C=O) groups excluding carboxylic acids is 2. The number of nitrogens with one attached hydrogen (secondary N) is 1.